The van der Waals surface area contributed by atoms with Gasteiger partial charge in [-0.05, 0) is 35.7 Å². The highest BCUT2D eigenvalue weighted by atomic mass is 32.2. The highest BCUT2D eigenvalue weighted by Gasteiger charge is 2.38. The van der Waals surface area contributed by atoms with E-state index in [0.717, 1.165) is 10.8 Å². The van der Waals surface area contributed by atoms with E-state index in [9.17, 15) is 13.2 Å². The van der Waals surface area contributed by atoms with Crippen molar-refractivity contribution in [3.05, 3.63) is 42.5 Å². The van der Waals surface area contributed by atoms with E-state index in [4.69, 9.17) is 5.73 Å². The normalized spacial score (nSPS) is 19.9. The van der Waals surface area contributed by atoms with Crippen molar-refractivity contribution in [1.29, 1.82) is 0 Å². The van der Waals surface area contributed by atoms with Gasteiger partial charge < -0.3 is 5.73 Å². The van der Waals surface area contributed by atoms with Gasteiger partial charge in [0.15, 0.2) is 0 Å². The molecule has 0 spiro atoms. The Balaban J connectivity index is 2.05. The van der Waals surface area contributed by atoms with E-state index in [1.165, 1.54) is 4.31 Å². The molecule has 110 valence electrons. The highest BCUT2D eigenvalue weighted by molar-refractivity contribution is 7.89. The number of nitrogens with zero attached hydrogens (tertiary/aromatic N) is 1. The van der Waals surface area contributed by atoms with E-state index in [1.54, 1.807) is 18.2 Å². The van der Waals surface area contributed by atoms with Gasteiger partial charge in [-0.15, -0.1) is 0 Å². The van der Waals surface area contributed by atoms with Crippen LogP contribution in [0.3, 0.4) is 0 Å². The summed E-state index contributed by atoms with van der Waals surface area (Å²) in [5, 5.41) is 1.83. The van der Waals surface area contributed by atoms with Gasteiger partial charge in [0, 0.05) is 6.54 Å². The molecule has 0 saturated carbocycles. The molecule has 0 aliphatic carbocycles. The monoisotopic (exact) mass is 304 g/mol. The number of sulfonamides is 1. The summed E-state index contributed by atoms with van der Waals surface area (Å²) in [5.74, 6) is -0.586. The van der Waals surface area contributed by atoms with Crippen LogP contribution in [0.2, 0.25) is 0 Å². The minimum Gasteiger partial charge on any atom is -0.368 e. The van der Waals surface area contributed by atoms with E-state index in [2.05, 4.69) is 0 Å². The fourth-order valence-electron chi connectivity index (χ4n) is 2.78. The van der Waals surface area contributed by atoms with Crippen LogP contribution in [-0.4, -0.2) is 31.2 Å². The lowest BCUT2D eigenvalue weighted by molar-refractivity contribution is -0.121. The second-order valence-corrected chi connectivity index (χ2v) is 7.08. The third-order valence-electron chi connectivity index (χ3n) is 3.86. The lowest BCUT2D eigenvalue weighted by Gasteiger charge is -2.21. The molecule has 0 bridgehead atoms. The largest absolute Gasteiger partial charge is 0.368 e. The van der Waals surface area contributed by atoms with E-state index in [-0.39, 0.29) is 4.90 Å². The van der Waals surface area contributed by atoms with Crippen molar-refractivity contribution in [3.63, 3.8) is 0 Å². The first-order valence-corrected chi connectivity index (χ1v) is 8.24. The van der Waals surface area contributed by atoms with Crippen LogP contribution in [0.25, 0.3) is 10.8 Å². The van der Waals surface area contributed by atoms with Gasteiger partial charge in [-0.25, -0.2) is 8.42 Å². The van der Waals surface area contributed by atoms with Crippen molar-refractivity contribution >= 4 is 26.7 Å². The summed E-state index contributed by atoms with van der Waals surface area (Å²) >= 11 is 0. The summed E-state index contributed by atoms with van der Waals surface area (Å²) in [6.45, 7) is 0.336. The summed E-state index contributed by atoms with van der Waals surface area (Å²) < 4.78 is 26.6. The molecule has 6 heteroatoms. The maximum absolute atomic E-state index is 12.7. The van der Waals surface area contributed by atoms with Crippen molar-refractivity contribution in [1.82, 2.24) is 4.31 Å². The molecule has 1 heterocycles. The van der Waals surface area contributed by atoms with Gasteiger partial charge in [0.2, 0.25) is 15.9 Å². The number of fused-ring (bicyclic) bond motifs is 1. The zero-order chi connectivity index (χ0) is 15.0. The van der Waals surface area contributed by atoms with Crippen LogP contribution < -0.4 is 5.73 Å². The molecule has 1 atom stereocenters. The molecule has 0 unspecified atom stereocenters. The number of nitrogens with two attached hydrogens (primary N) is 1. The summed E-state index contributed by atoms with van der Waals surface area (Å²) in [5.41, 5.74) is 5.31. The number of hydrogen-bond acceptors (Lipinski definition) is 3. The van der Waals surface area contributed by atoms with Gasteiger partial charge >= 0.3 is 0 Å². The third kappa shape index (κ3) is 2.41. The summed E-state index contributed by atoms with van der Waals surface area (Å²) in [7, 11) is -3.69. The molecule has 5 nitrogen and oxygen atoms in total. The maximum Gasteiger partial charge on any atom is 0.243 e. The van der Waals surface area contributed by atoms with E-state index >= 15 is 0 Å². The van der Waals surface area contributed by atoms with Crippen LogP contribution in [0.15, 0.2) is 47.4 Å². The zero-order valence-corrected chi connectivity index (χ0v) is 12.2. The Morgan fingerprint density at radius 1 is 1.14 bits per heavy atom. The van der Waals surface area contributed by atoms with Crippen LogP contribution in [0.4, 0.5) is 0 Å². The Kier molecular flexibility index (Phi) is 3.43. The summed E-state index contributed by atoms with van der Waals surface area (Å²) in [4.78, 5) is 11.6. The van der Waals surface area contributed by atoms with Crippen molar-refractivity contribution in [2.75, 3.05) is 6.54 Å². The molecule has 1 aliphatic heterocycles. The zero-order valence-electron chi connectivity index (χ0n) is 11.4. The predicted molar refractivity (Wildman–Crippen MR) is 80.1 cm³/mol. The fraction of sp³-hybridized carbons (Fsp3) is 0.267. The number of carbonyl (C=O) groups excluding carboxylic acids is 1. The molecule has 2 aromatic rings. The maximum atomic E-state index is 12.7. The third-order valence-corrected chi connectivity index (χ3v) is 5.76. The molecular formula is C15H16N2O3S. The van der Waals surface area contributed by atoms with Gasteiger partial charge in [0.05, 0.1) is 4.90 Å². The minimum absolute atomic E-state index is 0.203. The van der Waals surface area contributed by atoms with Crippen LogP contribution in [0, 0.1) is 0 Å². The first-order chi connectivity index (χ1) is 10.00. The Morgan fingerprint density at radius 3 is 2.57 bits per heavy atom. The lowest BCUT2D eigenvalue weighted by Crippen LogP contribution is -2.43. The molecule has 2 N–H and O–H groups in total. The van der Waals surface area contributed by atoms with Crippen LogP contribution in [0.5, 0.6) is 0 Å². The fourth-order valence-corrected chi connectivity index (χ4v) is 4.48. The molecule has 2 aromatic carbocycles. The number of amides is 1. The number of benzene rings is 2. The molecule has 21 heavy (non-hydrogen) atoms. The van der Waals surface area contributed by atoms with Crippen molar-refractivity contribution in [3.8, 4) is 0 Å². The summed E-state index contributed by atoms with van der Waals surface area (Å²) in [6.07, 6.45) is 1.14. The van der Waals surface area contributed by atoms with Gasteiger partial charge in [-0.1, -0.05) is 30.3 Å². The molecule has 0 aromatic heterocycles. The molecule has 1 aliphatic rings. The summed E-state index contributed by atoms with van der Waals surface area (Å²) in [6, 6.07) is 11.8. The van der Waals surface area contributed by atoms with Crippen molar-refractivity contribution < 1.29 is 13.2 Å². The first kappa shape index (κ1) is 14.0. The molecule has 3 rings (SSSR count). The van der Waals surface area contributed by atoms with Crippen LogP contribution in [0.1, 0.15) is 12.8 Å². The number of rotatable bonds is 3. The van der Waals surface area contributed by atoms with E-state index in [1.807, 2.05) is 24.3 Å². The van der Waals surface area contributed by atoms with Crippen LogP contribution in [-0.2, 0) is 14.8 Å². The number of hydrogen-bond donors (Lipinski definition) is 1. The molecule has 0 radical (unpaired) electrons. The lowest BCUT2D eigenvalue weighted by atomic mass is 10.1. The highest BCUT2D eigenvalue weighted by Crippen LogP contribution is 2.27. The number of carbonyl (C=O) groups is 1. The second kappa shape index (κ2) is 5.13. The Morgan fingerprint density at radius 2 is 1.86 bits per heavy atom. The topological polar surface area (TPSA) is 80.5 Å². The van der Waals surface area contributed by atoms with Gasteiger partial charge in [0.1, 0.15) is 6.04 Å². The molecule has 1 amide bonds. The Bertz CT molecular complexity index is 801. The average molecular weight is 304 g/mol. The van der Waals surface area contributed by atoms with Gasteiger partial charge in [0.25, 0.3) is 0 Å². The SMILES string of the molecule is NC(=O)[C@@H]1CCCN1S(=O)(=O)c1ccc2ccccc2c1. The number of primary amides is 1. The van der Waals surface area contributed by atoms with Crippen molar-refractivity contribution in [2.45, 2.75) is 23.8 Å². The molecule has 1 fully saturated rings. The van der Waals surface area contributed by atoms with E-state index < -0.39 is 22.0 Å². The molecular weight excluding hydrogens is 288 g/mol. The predicted octanol–water partition coefficient (Wildman–Crippen LogP) is 1.48. The first-order valence-electron chi connectivity index (χ1n) is 6.80. The second-order valence-electron chi connectivity index (χ2n) is 5.19. The molecule has 1 saturated heterocycles. The Hall–Kier alpha value is -1.92. The van der Waals surface area contributed by atoms with E-state index in [0.29, 0.717) is 19.4 Å². The van der Waals surface area contributed by atoms with Crippen molar-refractivity contribution in [2.24, 2.45) is 5.73 Å². The average Bonchev–Trinajstić information content (AvgIpc) is 2.97. The quantitative estimate of drug-likeness (QED) is 0.932. The van der Waals surface area contributed by atoms with Gasteiger partial charge in [-0.3, -0.25) is 4.79 Å². The van der Waals surface area contributed by atoms with Gasteiger partial charge in [-0.2, -0.15) is 4.31 Å². The standard InChI is InChI=1S/C15H16N2O3S/c16-15(18)14-6-3-9-17(14)21(19,20)13-8-7-11-4-1-2-5-12(11)10-13/h1-2,4-5,7-8,10,14H,3,6,9H2,(H2,16,18)/t14-/m0/s1. The smallest absolute Gasteiger partial charge is 0.243 e. The van der Waals surface area contributed by atoms with Crippen LogP contribution >= 0.6 is 0 Å². The minimum atomic E-state index is -3.69. The Labute approximate surface area is 123 Å².